The van der Waals surface area contributed by atoms with Crippen molar-refractivity contribution in [1.82, 2.24) is 9.96 Å². The van der Waals surface area contributed by atoms with Gasteiger partial charge in [0.25, 0.3) is 0 Å². The van der Waals surface area contributed by atoms with Gasteiger partial charge in [0.05, 0.1) is 18.3 Å². The number of hydrogen-bond acceptors (Lipinski definition) is 6. The monoisotopic (exact) mass is 440 g/mol. The Morgan fingerprint density at radius 2 is 1.61 bits per heavy atom. The number of hydrogen-bond donors (Lipinski definition) is 1. The molecule has 0 aromatic heterocycles. The van der Waals surface area contributed by atoms with Crippen LogP contribution in [0.1, 0.15) is 101 Å². The molecule has 1 rings (SSSR count). The van der Waals surface area contributed by atoms with Crippen molar-refractivity contribution in [3.05, 3.63) is 12.3 Å². The molecule has 0 aromatic carbocycles. The molecule has 0 saturated carbocycles. The van der Waals surface area contributed by atoms with E-state index in [-0.39, 0.29) is 35.7 Å². The van der Waals surface area contributed by atoms with Gasteiger partial charge in [0.1, 0.15) is 6.10 Å². The zero-order valence-electron chi connectivity index (χ0n) is 22.0. The molecule has 6 heteroatoms. The van der Waals surface area contributed by atoms with E-state index in [1.54, 1.807) is 0 Å². The molecule has 1 fully saturated rings. The molecule has 0 aromatic rings. The first-order valence-corrected chi connectivity index (χ1v) is 11.5. The lowest BCUT2D eigenvalue weighted by molar-refractivity contribution is -0.259. The summed E-state index contributed by atoms with van der Waals surface area (Å²) in [4.78, 5) is 14.8. The van der Waals surface area contributed by atoms with Crippen molar-refractivity contribution in [1.29, 1.82) is 0 Å². The van der Waals surface area contributed by atoms with E-state index < -0.39 is 11.1 Å². The number of carbonyl (C=O) groups is 1. The van der Waals surface area contributed by atoms with E-state index in [4.69, 9.17) is 9.47 Å². The van der Waals surface area contributed by atoms with Crippen LogP contribution < -0.4 is 0 Å². The molecule has 1 heterocycles. The Labute approximate surface area is 190 Å². The maximum absolute atomic E-state index is 12.4. The summed E-state index contributed by atoms with van der Waals surface area (Å²) in [5.41, 5.74) is -0.846. The number of rotatable bonds is 9. The van der Waals surface area contributed by atoms with Gasteiger partial charge in [-0.05, 0) is 76.3 Å². The fourth-order valence-electron chi connectivity index (χ4n) is 4.88. The first-order valence-electron chi connectivity index (χ1n) is 11.5. The molecular formula is C25H48N2O4. The second kappa shape index (κ2) is 9.80. The zero-order valence-corrected chi connectivity index (χ0v) is 22.0. The number of carbonyl (C=O) groups excluding carboxylic acids is 1. The Balaban J connectivity index is 2.50. The standard InChI is InChI=1S/C25H48N2O4/c1-18(30-19(2)15-23(6,7)26(12)22(3,4)5)13-14-21(28)31-20-16-24(8,9)27(29)25(10,11)17-20/h19-20,29H,1,13-17H2,2-12H3. The number of esters is 1. The highest BCUT2D eigenvalue weighted by atomic mass is 16.5. The maximum atomic E-state index is 12.4. The fraction of sp³-hybridized carbons (Fsp3) is 0.880. The second-order valence-electron chi connectivity index (χ2n) is 12.2. The molecule has 31 heavy (non-hydrogen) atoms. The number of piperidine rings is 1. The fourth-order valence-corrected chi connectivity index (χ4v) is 4.88. The minimum absolute atomic E-state index is 0.00111. The van der Waals surface area contributed by atoms with Crippen LogP contribution in [0.4, 0.5) is 0 Å². The van der Waals surface area contributed by atoms with E-state index in [2.05, 4.69) is 60.1 Å². The van der Waals surface area contributed by atoms with Crippen molar-refractivity contribution in [2.24, 2.45) is 0 Å². The van der Waals surface area contributed by atoms with E-state index >= 15 is 0 Å². The van der Waals surface area contributed by atoms with E-state index in [0.717, 1.165) is 6.42 Å². The smallest absolute Gasteiger partial charge is 0.306 e. The molecule has 0 spiro atoms. The summed E-state index contributed by atoms with van der Waals surface area (Å²) >= 11 is 0. The van der Waals surface area contributed by atoms with Crippen LogP contribution in [0.15, 0.2) is 12.3 Å². The molecular weight excluding hydrogens is 392 g/mol. The molecule has 0 bridgehead atoms. The van der Waals surface area contributed by atoms with Crippen molar-refractivity contribution in [3.8, 4) is 0 Å². The van der Waals surface area contributed by atoms with E-state index in [1.165, 1.54) is 5.06 Å². The second-order valence-corrected chi connectivity index (χ2v) is 12.2. The third-order valence-corrected chi connectivity index (χ3v) is 6.58. The normalized spacial score (nSPS) is 21.1. The molecule has 1 unspecified atom stereocenters. The van der Waals surface area contributed by atoms with Crippen LogP contribution >= 0.6 is 0 Å². The third kappa shape index (κ3) is 8.07. The van der Waals surface area contributed by atoms with Crippen LogP contribution in [0.3, 0.4) is 0 Å². The molecule has 182 valence electrons. The van der Waals surface area contributed by atoms with Crippen molar-refractivity contribution < 1.29 is 19.5 Å². The minimum Gasteiger partial charge on any atom is -0.496 e. The van der Waals surface area contributed by atoms with Gasteiger partial charge in [0, 0.05) is 47.8 Å². The zero-order chi connectivity index (χ0) is 24.4. The summed E-state index contributed by atoms with van der Waals surface area (Å²) in [7, 11) is 2.14. The van der Waals surface area contributed by atoms with Gasteiger partial charge in [0.2, 0.25) is 0 Å². The maximum Gasteiger partial charge on any atom is 0.306 e. The molecule has 1 aliphatic heterocycles. The van der Waals surface area contributed by atoms with Crippen LogP contribution in [0.5, 0.6) is 0 Å². The summed E-state index contributed by atoms with van der Waals surface area (Å²) in [5.74, 6) is 0.373. The first kappa shape index (κ1) is 27.9. The van der Waals surface area contributed by atoms with Gasteiger partial charge < -0.3 is 14.7 Å². The molecule has 1 N–H and O–H groups in total. The lowest BCUT2D eigenvalue weighted by Gasteiger charge is -2.50. The minimum atomic E-state index is -0.443. The highest BCUT2D eigenvalue weighted by Gasteiger charge is 2.46. The van der Waals surface area contributed by atoms with E-state index in [9.17, 15) is 10.0 Å². The summed E-state index contributed by atoms with van der Waals surface area (Å²) in [6, 6.07) is 0. The molecule has 1 aliphatic rings. The van der Waals surface area contributed by atoms with E-state index in [0.29, 0.717) is 25.0 Å². The summed E-state index contributed by atoms with van der Waals surface area (Å²) in [5, 5.41) is 11.8. The summed E-state index contributed by atoms with van der Waals surface area (Å²) < 4.78 is 11.7. The first-order chi connectivity index (χ1) is 13.8. The van der Waals surface area contributed by atoms with Crippen LogP contribution in [-0.2, 0) is 14.3 Å². The van der Waals surface area contributed by atoms with Crippen LogP contribution in [0.2, 0.25) is 0 Å². The molecule has 0 radical (unpaired) electrons. The molecule has 1 saturated heterocycles. The number of allylic oxidation sites excluding steroid dienone is 1. The Morgan fingerprint density at radius 1 is 1.13 bits per heavy atom. The van der Waals surface area contributed by atoms with Crippen molar-refractivity contribution in [3.63, 3.8) is 0 Å². The highest BCUT2D eigenvalue weighted by molar-refractivity contribution is 5.69. The topological polar surface area (TPSA) is 62.2 Å². The summed E-state index contributed by atoms with van der Waals surface area (Å²) in [6.45, 7) is 25.0. The van der Waals surface area contributed by atoms with Gasteiger partial charge in [0.15, 0.2) is 0 Å². The predicted octanol–water partition coefficient (Wildman–Crippen LogP) is 5.54. The van der Waals surface area contributed by atoms with Gasteiger partial charge in [-0.1, -0.05) is 6.58 Å². The van der Waals surface area contributed by atoms with Crippen LogP contribution in [-0.4, -0.2) is 62.6 Å². The van der Waals surface area contributed by atoms with Crippen LogP contribution in [0, 0.1) is 0 Å². The lowest BCUT2D eigenvalue weighted by Crippen LogP contribution is -2.60. The summed E-state index contributed by atoms with van der Waals surface area (Å²) in [6.07, 6.45) is 2.55. The highest BCUT2D eigenvalue weighted by Crippen LogP contribution is 2.38. The van der Waals surface area contributed by atoms with Crippen molar-refractivity contribution in [2.75, 3.05) is 7.05 Å². The van der Waals surface area contributed by atoms with Crippen molar-refractivity contribution >= 4 is 5.97 Å². The molecule has 1 atom stereocenters. The predicted molar refractivity (Wildman–Crippen MR) is 126 cm³/mol. The lowest BCUT2D eigenvalue weighted by atomic mass is 9.80. The quantitative estimate of drug-likeness (QED) is 0.375. The third-order valence-electron chi connectivity index (χ3n) is 6.58. The molecule has 0 aliphatic carbocycles. The van der Waals surface area contributed by atoms with Gasteiger partial charge in [-0.3, -0.25) is 9.69 Å². The Kier molecular flexibility index (Phi) is 8.83. The average Bonchev–Trinajstić information content (AvgIpc) is 2.55. The SMILES string of the molecule is C=C(CCC(=O)OC1CC(C)(C)N(O)C(C)(C)C1)OC(C)CC(C)(C)N(C)C(C)(C)C. The average molecular weight is 441 g/mol. The van der Waals surface area contributed by atoms with Gasteiger partial charge >= 0.3 is 5.97 Å². The number of nitrogens with zero attached hydrogens (tertiary/aromatic N) is 2. The molecule has 0 amide bonds. The Morgan fingerprint density at radius 3 is 2.06 bits per heavy atom. The number of hydroxylamine groups is 2. The number of ether oxygens (including phenoxy) is 2. The van der Waals surface area contributed by atoms with Crippen molar-refractivity contribution in [2.45, 2.75) is 136 Å². The molecule has 6 nitrogen and oxygen atoms in total. The largest absolute Gasteiger partial charge is 0.496 e. The van der Waals surface area contributed by atoms with Gasteiger partial charge in [-0.25, -0.2) is 0 Å². The van der Waals surface area contributed by atoms with Crippen LogP contribution in [0.25, 0.3) is 0 Å². The van der Waals surface area contributed by atoms with E-state index in [1.807, 2.05) is 27.7 Å². The Hall–Kier alpha value is -1.11. The van der Waals surface area contributed by atoms with Gasteiger partial charge in [-0.15, -0.1) is 0 Å². The van der Waals surface area contributed by atoms with Gasteiger partial charge in [-0.2, -0.15) is 5.06 Å². The Bertz CT molecular complexity index is 616.